The minimum absolute atomic E-state index is 0.232. The molecule has 0 aliphatic heterocycles. The Labute approximate surface area is 109 Å². The fourth-order valence-corrected chi connectivity index (χ4v) is 1.94. The largest absolute Gasteiger partial charge is 0.293 e. The van der Waals surface area contributed by atoms with Crippen molar-refractivity contribution < 1.29 is 22.0 Å². The van der Waals surface area contributed by atoms with Crippen LogP contribution in [0.25, 0.3) is 16.7 Å². The van der Waals surface area contributed by atoms with Crippen molar-refractivity contribution in [1.82, 2.24) is 9.55 Å². The Hall–Kier alpha value is -2.44. The van der Waals surface area contributed by atoms with Crippen LogP contribution in [0.1, 0.15) is 0 Å². The van der Waals surface area contributed by atoms with Crippen LogP contribution in [0.5, 0.6) is 0 Å². The van der Waals surface area contributed by atoms with Gasteiger partial charge in [-0.25, -0.2) is 26.9 Å². The Bertz CT molecular complexity index is 796. The molecule has 0 saturated carbocycles. The SMILES string of the molecule is Fc1c(F)c(F)c(-n2cnc3ccccc32)c(F)c1F. The van der Waals surface area contributed by atoms with Crippen molar-refractivity contribution in [3.05, 3.63) is 59.7 Å². The van der Waals surface area contributed by atoms with Crippen LogP contribution in [0.2, 0.25) is 0 Å². The molecule has 3 aromatic rings. The molecule has 0 spiro atoms. The van der Waals surface area contributed by atoms with Crippen LogP contribution < -0.4 is 0 Å². The van der Waals surface area contributed by atoms with Crippen LogP contribution in [0.15, 0.2) is 30.6 Å². The molecule has 0 bridgehead atoms. The van der Waals surface area contributed by atoms with E-state index < -0.39 is 34.8 Å². The average molecular weight is 284 g/mol. The van der Waals surface area contributed by atoms with Crippen LogP contribution in [-0.2, 0) is 0 Å². The highest BCUT2D eigenvalue weighted by Crippen LogP contribution is 2.28. The van der Waals surface area contributed by atoms with Gasteiger partial charge in [0.05, 0.1) is 11.0 Å². The quantitative estimate of drug-likeness (QED) is 0.378. The zero-order valence-corrected chi connectivity index (χ0v) is 9.67. The molecular weight excluding hydrogens is 279 g/mol. The van der Waals surface area contributed by atoms with Gasteiger partial charge in [-0.1, -0.05) is 12.1 Å². The summed E-state index contributed by atoms with van der Waals surface area (Å²) in [6, 6.07) is 6.21. The number of aromatic nitrogens is 2. The van der Waals surface area contributed by atoms with E-state index in [1.54, 1.807) is 18.2 Å². The number of hydrogen-bond acceptors (Lipinski definition) is 1. The molecule has 0 N–H and O–H groups in total. The minimum Gasteiger partial charge on any atom is -0.293 e. The van der Waals surface area contributed by atoms with E-state index in [-0.39, 0.29) is 5.52 Å². The van der Waals surface area contributed by atoms with E-state index in [4.69, 9.17) is 0 Å². The van der Waals surface area contributed by atoms with Gasteiger partial charge in [-0.15, -0.1) is 0 Å². The summed E-state index contributed by atoms with van der Waals surface area (Å²) in [5.74, 6) is -9.96. The number of imidazole rings is 1. The highest BCUT2D eigenvalue weighted by atomic mass is 19.2. The predicted molar refractivity (Wildman–Crippen MR) is 60.9 cm³/mol. The molecule has 1 heterocycles. The summed E-state index contributed by atoms with van der Waals surface area (Å²) < 4.78 is 67.7. The summed E-state index contributed by atoms with van der Waals surface area (Å²) in [4.78, 5) is 3.85. The number of hydrogen-bond donors (Lipinski definition) is 0. The van der Waals surface area contributed by atoms with Crippen LogP contribution in [0, 0.1) is 29.1 Å². The fourth-order valence-electron chi connectivity index (χ4n) is 1.94. The summed E-state index contributed by atoms with van der Waals surface area (Å²) in [7, 11) is 0. The molecule has 2 aromatic carbocycles. The maximum atomic E-state index is 13.7. The molecule has 0 amide bonds. The lowest BCUT2D eigenvalue weighted by atomic mass is 10.2. The molecule has 0 aliphatic rings. The second-order valence-corrected chi connectivity index (χ2v) is 4.02. The topological polar surface area (TPSA) is 17.8 Å². The van der Waals surface area contributed by atoms with Gasteiger partial charge in [-0.3, -0.25) is 4.57 Å². The van der Waals surface area contributed by atoms with Crippen molar-refractivity contribution in [2.24, 2.45) is 0 Å². The highest BCUT2D eigenvalue weighted by Gasteiger charge is 2.27. The minimum atomic E-state index is -2.19. The second kappa shape index (κ2) is 4.29. The van der Waals surface area contributed by atoms with E-state index >= 15 is 0 Å². The number of rotatable bonds is 1. The monoisotopic (exact) mass is 284 g/mol. The number of para-hydroxylation sites is 2. The van der Waals surface area contributed by atoms with E-state index in [1.165, 1.54) is 6.07 Å². The Morgan fingerprint density at radius 3 is 1.95 bits per heavy atom. The maximum Gasteiger partial charge on any atom is 0.200 e. The van der Waals surface area contributed by atoms with Crippen molar-refractivity contribution in [2.75, 3.05) is 0 Å². The van der Waals surface area contributed by atoms with Crippen LogP contribution in [-0.4, -0.2) is 9.55 Å². The molecular formula is C13H5F5N2. The molecule has 0 radical (unpaired) electrons. The van der Waals surface area contributed by atoms with Gasteiger partial charge < -0.3 is 0 Å². The van der Waals surface area contributed by atoms with Crippen molar-refractivity contribution in [2.45, 2.75) is 0 Å². The lowest BCUT2D eigenvalue weighted by molar-refractivity contribution is 0.376. The fraction of sp³-hybridized carbons (Fsp3) is 0. The van der Waals surface area contributed by atoms with Gasteiger partial charge in [0, 0.05) is 0 Å². The zero-order valence-electron chi connectivity index (χ0n) is 9.67. The smallest absolute Gasteiger partial charge is 0.200 e. The van der Waals surface area contributed by atoms with Gasteiger partial charge in [-0.05, 0) is 12.1 Å². The number of benzene rings is 2. The van der Waals surface area contributed by atoms with Gasteiger partial charge >= 0.3 is 0 Å². The normalized spacial score (nSPS) is 11.2. The summed E-state index contributed by atoms with van der Waals surface area (Å²) in [6.45, 7) is 0. The van der Waals surface area contributed by atoms with Crippen LogP contribution in [0.3, 0.4) is 0 Å². The molecule has 102 valence electrons. The van der Waals surface area contributed by atoms with Crippen molar-refractivity contribution >= 4 is 11.0 Å². The Morgan fingerprint density at radius 1 is 0.750 bits per heavy atom. The van der Waals surface area contributed by atoms with Gasteiger partial charge in [0.2, 0.25) is 5.82 Å². The summed E-state index contributed by atoms with van der Waals surface area (Å²) in [5, 5.41) is 0. The molecule has 0 saturated heterocycles. The predicted octanol–water partition coefficient (Wildman–Crippen LogP) is 3.72. The highest BCUT2D eigenvalue weighted by molar-refractivity contribution is 5.77. The number of nitrogens with zero attached hydrogens (tertiary/aromatic N) is 2. The third kappa shape index (κ3) is 1.59. The Morgan fingerprint density at radius 2 is 1.30 bits per heavy atom. The summed E-state index contributed by atoms with van der Waals surface area (Å²) in [5.41, 5.74) is -0.442. The molecule has 0 unspecified atom stereocenters. The first-order valence-electron chi connectivity index (χ1n) is 5.46. The van der Waals surface area contributed by atoms with E-state index in [2.05, 4.69) is 4.98 Å². The Balaban J connectivity index is 2.41. The third-order valence-electron chi connectivity index (χ3n) is 2.88. The molecule has 2 nitrogen and oxygen atoms in total. The van der Waals surface area contributed by atoms with Crippen LogP contribution >= 0.6 is 0 Å². The van der Waals surface area contributed by atoms with Gasteiger partial charge in [0.15, 0.2) is 23.3 Å². The van der Waals surface area contributed by atoms with Crippen molar-refractivity contribution in [3.63, 3.8) is 0 Å². The van der Waals surface area contributed by atoms with Gasteiger partial charge in [-0.2, -0.15) is 0 Å². The second-order valence-electron chi connectivity index (χ2n) is 4.02. The van der Waals surface area contributed by atoms with Gasteiger partial charge in [0.25, 0.3) is 0 Å². The first-order chi connectivity index (χ1) is 9.52. The van der Waals surface area contributed by atoms with E-state index in [9.17, 15) is 22.0 Å². The number of fused-ring (bicyclic) bond motifs is 1. The molecule has 3 rings (SSSR count). The Kier molecular flexibility index (Phi) is 2.70. The summed E-state index contributed by atoms with van der Waals surface area (Å²) in [6.07, 6.45) is 1.00. The molecule has 7 heteroatoms. The van der Waals surface area contributed by atoms with Crippen molar-refractivity contribution in [3.8, 4) is 5.69 Å². The van der Waals surface area contributed by atoms with Crippen LogP contribution in [0.4, 0.5) is 22.0 Å². The molecule has 20 heavy (non-hydrogen) atoms. The number of halogens is 5. The first kappa shape index (κ1) is 12.6. The van der Waals surface area contributed by atoms with E-state index in [1.807, 2.05) is 0 Å². The molecule has 0 atom stereocenters. The standard InChI is InChI=1S/C13H5F5N2/c14-8-9(15)11(17)13(12(18)10(8)16)20-5-19-6-3-1-2-4-7(6)20/h1-5H. The maximum absolute atomic E-state index is 13.7. The average Bonchev–Trinajstić information content (AvgIpc) is 2.87. The zero-order chi connectivity index (χ0) is 14.4. The lowest BCUT2D eigenvalue weighted by Crippen LogP contribution is -2.09. The molecule has 0 aliphatic carbocycles. The molecule has 1 aromatic heterocycles. The first-order valence-corrected chi connectivity index (χ1v) is 5.46. The van der Waals surface area contributed by atoms with Gasteiger partial charge in [0.1, 0.15) is 12.0 Å². The third-order valence-corrected chi connectivity index (χ3v) is 2.88. The molecule has 0 fully saturated rings. The summed E-state index contributed by atoms with van der Waals surface area (Å²) >= 11 is 0. The van der Waals surface area contributed by atoms with E-state index in [0.29, 0.717) is 5.52 Å². The van der Waals surface area contributed by atoms with E-state index in [0.717, 1.165) is 10.9 Å². The van der Waals surface area contributed by atoms with Crippen molar-refractivity contribution in [1.29, 1.82) is 0 Å². The lowest BCUT2D eigenvalue weighted by Gasteiger charge is -2.09.